The van der Waals surface area contributed by atoms with Crippen molar-refractivity contribution in [2.45, 2.75) is 36.6 Å². The van der Waals surface area contributed by atoms with E-state index in [1.807, 2.05) is 0 Å². The van der Waals surface area contributed by atoms with Crippen LogP contribution in [-0.2, 0) is 16.4 Å². The van der Waals surface area contributed by atoms with E-state index in [9.17, 15) is 8.42 Å². The molecule has 1 fully saturated rings. The number of fused-ring (bicyclic) bond motifs is 1. The maximum atomic E-state index is 12.8. The van der Waals surface area contributed by atoms with Crippen molar-refractivity contribution < 1.29 is 13.2 Å². The Labute approximate surface area is 126 Å². The van der Waals surface area contributed by atoms with Gasteiger partial charge in [0.2, 0.25) is 10.0 Å². The molecule has 116 valence electrons. The van der Waals surface area contributed by atoms with Crippen LogP contribution in [0, 0.1) is 0 Å². The fourth-order valence-corrected chi connectivity index (χ4v) is 4.52. The number of nitrogens with one attached hydrogen (secondary N) is 1. The Morgan fingerprint density at radius 1 is 1.29 bits per heavy atom. The SMILES string of the molecule is CN(C1CCCNCC1)S(=O)(=O)c1ccc2c(c1)CCO2. The van der Waals surface area contributed by atoms with Crippen molar-refractivity contribution in [2.24, 2.45) is 0 Å². The molecule has 1 aromatic rings. The van der Waals surface area contributed by atoms with Gasteiger partial charge in [0.25, 0.3) is 0 Å². The van der Waals surface area contributed by atoms with E-state index in [-0.39, 0.29) is 6.04 Å². The van der Waals surface area contributed by atoms with Crippen LogP contribution in [-0.4, -0.2) is 45.5 Å². The number of ether oxygens (including phenoxy) is 1. The third-order valence-corrected chi connectivity index (χ3v) is 6.30. The van der Waals surface area contributed by atoms with Crippen LogP contribution in [0.5, 0.6) is 5.75 Å². The fraction of sp³-hybridized carbons (Fsp3) is 0.600. The van der Waals surface area contributed by atoms with Crippen molar-refractivity contribution in [3.63, 3.8) is 0 Å². The number of rotatable bonds is 3. The van der Waals surface area contributed by atoms with Gasteiger partial charge in [0.1, 0.15) is 5.75 Å². The van der Waals surface area contributed by atoms with Gasteiger partial charge >= 0.3 is 0 Å². The highest BCUT2D eigenvalue weighted by Gasteiger charge is 2.29. The number of nitrogens with zero attached hydrogens (tertiary/aromatic N) is 1. The predicted molar refractivity (Wildman–Crippen MR) is 81.1 cm³/mol. The number of benzene rings is 1. The molecule has 0 aliphatic carbocycles. The van der Waals surface area contributed by atoms with E-state index in [2.05, 4.69) is 5.32 Å². The molecule has 1 atom stereocenters. The summed E-state index contributed by atoms with van der Waals surface area (Å²) in [7, 11) is -1.72. The van der Waals surface area contributed by atoms with E-state index >= 15 is 0 Å². The van der Waals surface area contributed by atoms with E-state index in [1.165, 1.54) is 0 Å². The second-order valence-corrected chi connectivity index (χ2v) is 7.72. The first-order valence-electron chi connectivity index (χ1n) is 7.53. The van der Waals surface area contributed by atoms with Crippen LogP contribution in [0.15, 0.2) is 23.1 Å². The molecule has 21 heavy (non-hydrogen) atoms. The van der Waals surface area contributed by atoms with E-state index in [0.29, 0.717) is 11.5 Å². The molecule has 2 heterocycles. The Balaban J connectivity index is 1.85. The van der Waals surface area contributed by atoms with Crippen molar-refractivity contribution >= 4 is 10.0 Å². The van der Waals surface area contributed by atoms with Crippen molar-refractivity contribution in [1.29, 1.82) is 0 Å². The highest BCUT2D eigenvalue weighted by molar-refractivity contribution is 7.89. The van der Waals surface area contributed by atoms with Gasteiger partial charge in [-0.25, -0.2) is 8.42 Å². The first-order chi connectivity index (χ1) is 10.1. The summed E-state index contributed by atoms with van der Waals surface area (Å²) in [6.07, 6.45) is 3.58. The summed E-state index contributed by atoms with van der Waals surface area (Å²) in [5, 5.41) is 3.32. The molecule has 0 bridgehead atoms. The van der Waals surface area contributed by atoms with Gasteiger partial charge in [-0.2, -0.15) is 4.31 Å². The lowest BCUT2D eigenvalue weighted by Crippen LogP contribution is -2.37. The first kappa shape index (κ1) is 14.8. The van der Waals surface area contributed by atoms with Crippen molar-refractivity contribution in [1.82, 2.24) is 9.62 Å². The van der Waals surface area contributed by atoms with E-state index < -0.39 is 10.0 Å². The smallest absolute Gasteiger partial charge is 0.243 e. The standard InChI is InChI=1S/C15H22N2O3S/c1-17(13-3-2-8-16-9-6-13)21(18,19)14-4-5-15-12(11-14)7-10-20-15/h4-5,11,13,16H,2-3,6-10H2,1H3. The van der Waals surface area contributed by atoms with Crippen LogP contribution in [0.3, 0.4) is 0 Å². The van der Waals surface area contributed by atoms with Gasteiger partial charge in [-0.05, 0) is 56.1 Å². The molecule has 1 saturated heterocycles. The Hall–Kier alpha value is -1.11. The second kappa shape index (κ2) is 5.94. The first-order valence-corrected chi connectivity index (χ1v) is 8.97. The van der Waals surface area contributed by atoms with E-state index in [4.69, 9.17) is 4.74 Å². The monoisotopic (exact) mass is 310 g/mol. The minimum absolute atomic E-state index is 0.0782. The molecular weight excluding hydrogens is 288 g/mol. The molecule has 0 radical (unpaired) electrons. The quantitative estimate of drug-likeness (QED) is 0.916. The van der Waals surface area contributed by atoms with Crippen LogP contribution in [0.2, 0.25) is 0 Å². The Morgan fingerprint density at radius 3 is 3.00 bits per heavy atom. The van der Waals surface area contributed by atoms with Gasteiger partial charge in [0.15, 0.2) is 0 Å². The van der Waals surface area contributed by atoms with Crippen molar-refractivity contribution in [3.05, 3.63) is 23.8 Å². The average Bonchev–Trinajstić information content (AvgIpc) is 2.78. The van der Waals surface area contributed by atoms with Gasteiger partial charge in [-0.15, -0.1) is 0 Å². The Kier molecular flexibility index (Phi) is 4.19. The predicted octanol–water partition coefficient (Wildman–Crippen LogP) is 1.38. The topological polar surface area (TPSA) is 58.6 Å². The zero-order chi connectivity index (χ0) is 14.9. The lowest BCUT2D eigenvalue weighted by atomic mass is 10.1. The molecule has 0 spiro atoms. The lowest BCUT2D eigenvalue weighted by molar-refractivity contribution is 0.341. The van der Waals surface area contributed by atoms with E-state index in [0.717, 1.165) is 50.1 Å². The van der Waals surface area contributed by atoms with Crippen molar-refractivity contribution in [3.8, 4) is 5.75 Å². The van der Waals surface area contributed by atoms with Crippen LogP contribution in [0.4, 0.5) is 0 Å². The lowest BCUT2D eigenvalue weighted by Gasteiger charge is -2.26. The number of hydrogen-bond donors (Lipinski definition) is 1. The highest BCUT2D eigenvalue weighted by atomic mass is 32.2. The second-order valence-electron chi connectivity index (χ2n) is 5.72. The molecule has 0 amide bonds. The molecule has 5 nitrogen and oxygen atoms in total. The summed E-state index contributed by atoms with van der Waals surface area (Å²) in [6, 6.07) is 5.28. The largest absolute Gasteiger partial charge is 0.493 e. The van der Waals surface area contributed by atoms with Gasteiger partial charge in [0, 0.05) is 19.5 Å². The fourth-order valence-electron chi connectivity index (χ4n) is 3.05. The highest BCUT2D eigenvalue weighted by Crippen LogP contribution is 2.29. The maximum absolute atomic E-state index is 12.8. The summed E-state index contributed by atoms with van der Waals surface area (Å²) in [5.41, 5.74) is 0.993. The summed E-state index contributed by atoms with van der Waals surface area (Å²) >= 11 is 0. The zero-order valence-corrected chi connectivity index (χ0v) is 13.2. The molecule has 0 saturated carbocycles. The normalized spacial score (nSPS) is 22.7. The molecule has 1 N–H and O–H groups in total. The molecule has 6 heteroatoms. The zero-order valence-electron chi connectivity index (χ0n) is 12.3. The van der Waals surface area contributed by atoms with Gasteiger partial charge in [-0.3, -0.25) is 0 Å². The molecule has 1 aromatic carbocycles. The van der Waals surface area contributed by atoms with Crippen LogP contribution < -0.4 is 10.1 Å². The third kappa shape index (κ3) is 2.93. The van der Waals surface area contributed by atoms with Gasteiger partial charge < -0.3 is 10.1 Å². The number of sulfonamides is 1. The summed E-state index contributed by atoms with van der Waals surface area (Å²) in [5.74, 6) is 0.815. The minimum atomic E-state index is -3.43. The van der Waals surface area contributed by atoms with Crippen LogP contribution in [0.1, 0.15) is 24.8 Å². The van der Waals surface area contributed by atoms with Gasteiger partial charge in [-0.1, -0.05) is 0 Å². The molecule has 2 aliphatic rings. The summed E-state index contributed by atoms with van der Waals surface area (Å²) in [6.45, 7) is 2.49. The van der Waals surface area contributed by atoms with Crippen LogP contribution >= 0.6 is 0 Å². The molecule has 2 aliphatic heterocycles. The minimum Gasteiger partial charge on any atom is -0.493 e. The molecule has 3 rings (SSSR count). The maximum Gasteiger partial charge on any atom is 0.243 e. The van der Waals surface area contributed by atoms with Gasteiger partial charge in [0.05, 0.1) is 11.5 Å². The van der Waals surface area contributed by atoms with E-state index in [1.54, 1.807) is 29.6 Å². The van der Waals surface area contributed by atoms with Crippen molar-refractivity contribution in [2.75, 3.05) is 26.7 Å². The molecule has 0 aromatic heterocycles. The molecule has 1 unspecified atom stereocenters. The van der Waals surface area contributed by atoms with Crippen LogP contribution in [0.25, 0.3) is 0 Å². The summed E-state index contributed by atoms with van der Waals surface area (Å²) < 4.78 is 32.6. The Bertz CT molecular complexity index is 607. The summed E-state index contributed by atoms with van der Waals surface area (Å²) in [4.78, 5) is 0.381. The average molecular weight is 310 g/mol. The number of hydrogen-bond acceptors (Lipinski definition) is 4. The Morgan fingerprint density at radius 2 is 2.14 bits per heavy atom. The third-order valence-electron chi connectivity index (χ3n) is 4.40. The molecular formula is C15H22N2O3S.